The van der Waals surface area contributed by atoms with Gasteiger partial charge in [-0.15, -0.1) is 0 Å². The minimum Gasteiger partial charge on any atom is -0.493 e. The number of para-hydroxylation sites is 1. The molecule has 2 atom stereocenters. The van der Waals surface area contributed by atoms with Gasteiger partial charge in [0.25, 0.3) is 0 Å². The van der Waals surface area contributed by atoms with E-state index in [2.05, 4.69) is 46.0 Å². The predicted octanol–water partition coefficient (Wildman–Crippen LogP) is 4.07. The third-order valence-electron chi connectivity index (χ3n) is 7.16. The first-order valence-electron chi connectivity index (χ1n) is 12.3. The Hall–Kier alpha value is -3.36. The molecule has 5 rings (SSSR count). The van der Waals surface area contributed by atoms with Crippen molar-refractivity contribution in [2.45, 2.75) is 0 Å². The van der Waals surface area contributed by atoms with E-state index >= 15 is 0 Å². The largest absolute Gasteiger partial charge is 0.493 e. The molecule has 36 heavy (non-hydrogen) atoms. The number of fused-ring (bicyclic) bond motifs is 1. The molecule has 0 radical (unpaired) electrons. The van der Waals surface area contributed by atoms with Crippen LogP contribution in [0.25, 0.3) is 16.2 Å². The zero-order valence-electron chi connectivity index (χ0n) is 20.8. The number of nitrogens with zero attached hydrogens (tertiary/aromatic N) is 3. The summed E-state index contributed by atoms with van der Waals surface area (Å²) in [6, 6.07) is 14.0. The van der Waals surface area contributed by atoms with E-state index in [1.807, 2.05) is 18.2 Å². The zero-order valence-corrected chi connectivity index (χ0v) is 21.6. The predicted molar refractivity (Wildman–Crippen MR) is 146 cm³/mol. The van der Waals surface area contributed by atoms with Crippen LogP contribution in [-0.4, -0.2) is 68.7 Å². The van der Waals surface area contributed by atoms with Crippen molar-refractivity contribution >= 4 is 39.4 Å². The maximum absolute atomic E-state index is 12.4. The van der Waals surface area contributed by atoms with E-state index in [9.17, 15) is 4.79 Å². The minimum absolute atomic E-state index is 0.123. The highest BCUT2D eigenvalue weighted by atomic mass is 32.1. The number of piperazine rings is 1. The van der Waals surface area contributed by atoms with Crippen molar-refractivity contribution < 1.29 is 14.3 Å². The number of methoxy groups -OCH3 is 2. The average Bonchev–Trinajstić information content (AvgIpc) is 3.31. The van der Waals surface area contributed by atoms with Gasteiger partial charge in [-0.05, 0) is 35.8 Å². The number of carbonyl (C=O) groups is 1. The Labute approximate surface area is 216 Å². The number of anilines is 1. The van der Waals surface area contributed by atoms with Crippen LogP contribution < -0.4 is 19.7 Å². The second-order valence-corrected chi connectivity index (χ2v) is 10.0. The van der Waals surface area contributed by atoms with Crippen molar-refractivity contribution in [1.29, 1.82) is 0 Å². The third kappa shape index (κ3) is 5.10. The summed E-state index contributed by atoms with van der Waals surface area (Å²) in [6.07, 6.45) is 3.29. The Kier molecular flexibility index (Phi) is 7.25. The van der Waals surface area contributed by atoms with E-state index in [4.69, 9.17) is 13.8 Å². The number of nitrogens with one attached hydrogen (secondary N) is 1. The van der Waals surface area contributed by atoms with Crippen molar-refractivity contribution in [1.82, 2.24) is 14.6 Å². The number of rotatable bonds is 9. The molecule has 2 fully saturated rings. The Bertz CT molecular complexity index is 1280. The first kappa shape index (κ1) is 24.3. The summed E-state index contributed by atoms with van der Waals surface area (Å²) in [4.78, 5) is 17.3. The smallest absolute Gasteiger partial charge is 0.244 e. The van der Waals surface area contributed by atoms with Gasteiger partial charge in [-0.1, -0.05) is 36.4 Å². The van der Waals surface area contributed by atoms with E-state index in [-0.39, 0.29) is 5.91 Å². The zero-order chi connectivity index (χ0) is 25.1. The van der Waals surface area contributed by atoms with E-state index in [1.54, 1.807) is 37.9 Å². The number of hydrogen-bond donors (Lipinski definition) is 1. The maximum atomic E-state index is 12.4. The number of carbonyl (C=O) groups excluding carboxylic acids is 1. The molecule has 2 heterocycles. The number of ether oxygens (including phenoxy) is 2. The summed E-state index contributed by atoms with van der Waals surface area (Å²) in [5.74, 6) is 3.03. The number of aromatic nitrogens is 1. The van der Waals surface area contributed by atoms with Gasteiger partial charge in [-0.3, -0.25) is 9.69 Å². The molecule has 7 nitrogen and oxygen atoms in total. The summed E-state index contributed by atoms with van der Waals surface area (Å²) in [5, 5.41) is 4.28. The highest BCUT2D eigenvalue weighted by Crippen LogP contribution is 2.44. The van der Waals surface area contributed by atoms with Crippen LogP contribution in [0.4, 0.5) is 5.82 Å². The van der Waals surface area contributed by atoms with Crippen LogP contribution in [0.1, 0.15) is 5.56 Å². The van der Waals surface area contributed by atoms with Gasteiger partial charge in [0.1, 0.15) is 5.82 Å². The van der Waals surface area contributed by atoms with E-state index in [0.717, 1.165) is 44.1 Å². The van der Waals surface area contributed by atoms with E-state index in [0.29, 0.717) is 29.9 Å². The quantitative estimate of drug-likeness (QED) is 0.350. The molecule has 1 aliphatic carbocycles. The molecule has 3 aromatic rings. The molecule has 0 spiro atoms. The molecule has 1 amide bonds. The van der Waals surface area contributed by atoms with Gasteiger partial charge in [0, 0.05) is 68.1 Å². The molecule has 2 aromatic carbocycles. The maximum Gasteiger partial charge on any atom is 0.244 e. The van der Waals surface area contributed by atoms with E-state index < -0.39 is 0 Å². The van der Waals surface area contributed by atoms with Crippen molar-refractivity contribution in [3.8, 4) is 11.5 Å². The Balaban J connectivity index is 1.08. The van der Waals surface area contributed by atoms with Gasteiger partial charge in [0.15, 0.2) is 11.5 Å². The van der Waals surface area contributed by atoms with Crippen LogP contribution in [0.15, 0.2) is 60.7 Å². The summed E-state index contributed by atoms with van der Waals surface area (Å²) in [5.41, 5.74) is 2.03. The molecule has 8 heteroatoms. The van der Waals surface area contributed by atoms with Crippen molar-refractivity contribution in [2.24, 2.45) is 11.8 Å². The Morgan fingerprint density at radius 3 is 2.69 bits per heavy atom. The molecule has 2 aliphatic rings. The topological polar surface area (TPSA) is 66.9 Å². The summed E-state index contributed by atoms with van der Waals surface area (Å²) < 4.78 is 16.7. The molecule has 0 unspecified atom stereocenters. The van der Waals surface area contributed by atoms with Gasteiger partial charge in [-0.2, -0.15) is 4.37 Å². The molecular weight excluding hydrogens is 472 g/mol. The highest BCUT2D eigenvalue weighted by molar-refractivity contribution is 7.13. The molecule has 1 saturated carbocycles. The molecule has 188 valence electrons. The average molecular weight is 505 g/mol. The SMILES string of the molecule is C=C1[C@H](CNC(=O)C=Cc2cccc(OC)c2OC)[C@H]1CN1CCN(c2nsc3ccccc23)CC1. The molecule has 0 bridgehead atoms. The van der Waals surface area contributed by atoms with Crippen LogP contribution in [0.5, 0.6) is 11.5 Å². The van der Waals surface area contributed by atoms with E-state index in [1.165, 1.54) is 15.7 Å². The lowest BCUT2D eigenvalue weighted by molar-refractivity contribution is -0.116. The van der Waals surface area contributed by atoms with Crippen LogP contribution in [-0.2, 0) is 4.79 Å². The Morgan fingerprint density at radius 1 is 1.11 bits per heavy atom. The lowest BCUT2D eigenvalue weighted by Crippen LogP contribution is -2.47. The second-order valence-electron chi connectivity index (χ2n) is 9.24. The van der Waals surface area contributed by atoms with Gasteiger partial charge < -0.3 is 19.7 Å². The van der Waals surface area contributed by atoms with Crippen LogP contribution in [0, 0.1) is 11.8 Å². The normalized spacial score (nSPS) is 20.2. The summed E-state index contributed by atoms with van der Waals surface area (Å²) in [7, 11) is 3.19. The monoisotopic (exact) mass is 504 g/mol. The van der Waals surface area contributed by atoms with Crippen molar-refractivity contribution in [2.75, 3.05) is 58.4 Å². The minimum atomic E-state index is -0.123. The van der Waals surface area contributed by atoms with Gasteiger partial charge >= 0.3 is 0 Å². The molecule has 1 aliphatic heterocycles. The van der Waals surface area contributed by atoms with Gasteiger partial charge in [-0.25, -0.2) is 0 Å². The number of hydrogen-bond acceptors (Lipinski definition) is 7. The second kappa shape index (κ2) is 10.7. The number of benzene rings is 2. The first-order valence-corrected chi connectivity index (χ1v) is 13.0. The highest BCUT2D eigenvalue weighted by Gasteiger charge is 2.43. The standard InChI is InChI=1S/C28H32N4O3S/c1-19-22(17-29-26(33)12-11-20-7-6-9-24(34-2)27(20)35-3)23(19)18-31-13-15-32(16-14-31)28-21-8-4-5-10-25(21)36-30-28/h4-12,22-23H,1,13-18H2,2-3H3,(H,29,33)/t22-,23-/m0/s1. The molecule has 1 aromatic heterocycles. The van der Waals surface area contributed by atoms with Crippen molar-refractivity contribution in [3.05, 3.63) is 66.3 Å². The van der Waals surface area contributed by atoms with Crippen LogP contribution in [0.2, 0.25) is 0 Å². The van der Waals surface area contributed by atoms with Crippen molar-refractivity contribution in [3.63, 3.8) is 0 Å². The summed E-state index contributed by atoms with van der Waals surface area (Å²) in [6.45, 7) is 9.86. The lowest BCUT2D eigenvalue weighted by Gasteiger charge is -2.35. The van der Waals surface area contributed by atoms with Crippen LogP contribution in [0.3, 0.4) is 0 Å². The fourth-order valence-corrected chi connectivity index (χ4v) is 5.76. The molecule has 1 saturated heterocycles. The molecular formula is C28H32N4O3S. The molecule has 1 N–H and O–H groups in total. The van der Waals surface area contributed by atoms with Gasteiger partial charge in [0.2, 0.25) is 5.91 Å². The fourth-order valence-electron chi connectivity index (χ4n) is 4.96. The van der Waals surface area contributed by atoms with Gasteiger partial charge in [0.05, 0.1) is 18.9 Å². The Morgan fingerprint density at radius 2 is 1.92 bits per heavy atom. The number of amides is 1. The third-order valence-corrected chi connectivity index (χ3v) is 7.98. The van der Waals surface area contributed by atoms with Crippen LogP contribution >= 0.6 is 11.5 Å². The lowest BCUT2D eigenvalue weighted by atomic mass is 10.1. The first-order chi connectivity index (χ1) is 17.6. The summed E-state index contributed by atoms with van der Waals surface area (Å²) >= 11 is 1.57. The fraction of sp³-hybridized carbons (Fsp3) is 0.357.